The molecule has 0 aromatic carbocycles. The first-order valence-electron chi connectivity index (χ1n) is 4.50. The van der Waals surface area contributed by atoms with E-state index in [0.717, 1.165) is 19.3 Å². The fourth-order valence-corrected chi connectivity index (χ4v) is 1.25. The number of hydrogen-bond donors (Lipinski definition) is 0. The molecule has 1 aliphatic carbocycles. The molecule has 0 radical (unpaired) electrons. The van der Waals surface area contributed by atoms with Crippen molar-refractivity contribution in [1.29, 1.82) is 0 Å². The molecular weight excluding hydrogens is 164 g/mol. The summed E-state index contributed by atoms with van der Waals surface area (Å²) < 4.78 is 0. The van der Waals surface area contributed by atoms with Crippen molar-refractivity contribution in [2.45, 2.75) is 40.0 Å². The van der Waals surface area contributed by atoms with Gasteiger partial charge in [-0.2, -0.15) is 0 Å². The number of hydrogen-bond acceptors (Lipinski definition) is 2. The smallest absolute Gasteiger partial charge is 0.136 e. The minimum absolute atomic E-state index is 0.0667. The molecule has 0 saturated heterocycles. The third kappa shape index (κ3) is 3.53. The quantitative estimate of drug-likeness (QED) is 0.628. The molecule has 0 bridgehead atoms. The van der Waals surface area contributed by atoms with E-state index in [-0.39, 0.29) is 5.41 Å². The van der Waals surface area contributed by atoms with Gasteiger partial charge in [-0.15, -0.1) is 0 Å². The zero-order chi connectivity index (χ0) is 10.5. The summed E-state index contributed by atoms with van der Waals surface area (Å²) in [5.41, 5.74) is 1.38. The minimum atomic E-state index is 0.0667. The Morgan fingerprint density at radius 1 is 1.31 bits per heavy atom. The number of ketones is 1. The predicted molar refractivity (Wildman–Crippen MR) is 53.5 cm³/mol. The van der Waals surface area contributed by atoms with Crippen molar-refractivity contribution in [2.75, 3.05) is 0 Å². The van der Waals surface area contributed by atoms with E-state index >= 15 is 0 Å². The Bertz CT molecular complexity index is 208. The van der Waals surface area contributed by atoms with Crippen LogP contribution in [0.3, 0.4) is 0 Å². The van der Waals surface area contributed by atoms with Crippen LogP contribution in [-0.2, 0) is 9.59 Å². The van der Waals surface area contributed by atoms with Gasteiger partial charge in [0.25, 0.3) is 0 Å². The predicted octanol–water partition coefficient (Wildman–Crippen LogP) is 2.53. The van der Waals surface area contributed by atoms with Crippen LogP contribution in [0, 0.1) is 5.41 Å². The molecule has 2 heteroatoms. The highest BCUT2D eigenvalue weighted by Gasteiger charge is 2.45. The summed E-state index contributed by atoms with van der Waals surface area (Å²) in [5, 5.41) is 0. The standard InChI is InChI=1S/C10H16O.CH2O/c1-8(2)4-5-10(6-7-10)9(3)11;1-2/h4H,5-7H2,1-3H3;1H2. The van der Waals surface area contributed by atoms with Crippen LogP contribution in [0.1, 0.15) is 40.0 Å². The lowest BCUT2D eigenvalue weighted by atomic mass is 9.97. The van der Waals surface area contributed by atoms with Gasteiger partial charge < -0.3 is 4.79 Å². The molecule has 2 nitrogen and oxygen atoms in total. The van der Waals surface area contributed by atoms with Crippen LogP contribution in [0.25, 0.3) is 0 Å². The van der Waals surface area contributed by atoms with Crippen molar-refractivity contribution < 1.29 is 9.59 Å². The lowest BCUT2D eigenvalue weighted by Gasteiger charge is -2.06. The molecule has 0 amide bonds. The third-order valence-corrected chi connectivity index (χ3v) is 2.50. The number of allylic oxidation sites excluding steroid dienone is 2. The van der Waals surface area contributed by atoms with Gasteiger partial charge in [-0.25, -0.2) is 0 Å². The Morgan fingerprint density at radius 3 is 2.00 bits per heavy atom. The fraction of sp³-hybridized carbons (Fsp3) is 0.636. The Morgan fingerprint density at radius 2 is 1.77 bits per heavy atom. The van der Waals surface area contributed by atoms with E-state index in [0.29, 0.717) is 5.78 Å². The van der Waals surface area contributed by atoms with E-state index in [4.69, 9.17) is 4.79 Å². The van der Waals surface area contributed by atoms with Gasteiger partial charge >= 0.3 is 0 Å². The third-order valence-electron chi connectivity index (χ3n) is 2.50. The van der Waals surface area contributed by atoms with E-state index in [1.807, 2.05) is 6.79 Å². The second-order valence-electron chi connectivity index (χ2n) is 3.82. The van der Waals surface area contributed by atoms with E-state index in [2.05, 4.69) is 19.9 Å². The molecule has 0 heterocycles. The molecule has 1 fully saturated rings. The Balaban J connectivity index is 0.000000671. The summed E-state index contributed by atoms with van der Waals surface area (Å²) >= 11 is 0. The minimum Gasteiger partial charge on any atom is -0.307 e. The van der Waals surface area contributed by atoms with Gasteiger partial charge in [0.2, 0.25) is 0 Å². The lowest BCUT2D eigenvalue weighted by Crippen LogP contribution is -2.10. The van der Waals surface area contributed by atoms with Crippen molar-refractivity contribution >= 4 is 12.6 Å². The van der Waals surface area contributed by atoms with Crippen LogP contribution in [0.5, 0.6) is 0 Å². The number of carbonyl (C=O) groups excluding carboxylic acids is 2. The van der Waals surface area contributed by atoms with Crippen LogP contribution in [-0.4, -0.2) is 12.6 Å². The monoisotopic (exact) mass is 182 g/mol. The van der Waals surface area contributed by atoms with Crippen molar-refractivity contribution in [2.24, 2.45) is 5.41 Å². The SMILES string of the molecule is C=O.CC(=O)C1(CC=C(C)C)CC1. The van der Waals surface area contributed by atoms with Crippen LogP contribution >= 0.6 is 0 Å². The van der Waals surface area contributed by atoms with E-state index in [1.165, 1.54) is 5.57 Å². The van der Waals surface area contributed by atoms with Gasteiger partial charge in [0.15, 0.2) is 0 Å². The molecule has 0 unspecified atom stereocenters. The van der Waals surface area contributed by atoms with Gasteiger partial charge in [-0.3, -0.25) is 4.79 Å². The van der Waals surface area contributed by atoms with Crippen LogP contribution < -0.4 is 0 Å². The lowest BCUT2D eigenvalue weighted by molar-refractivity contribution is -0.121. The van der Waals surface area contributed by atoms with Gasteiger partial charge in [0, 0.05) is 5.41 Å². The van der Waals surface area contributed by atoms with Gasteiger partial charge in [-0.05, 0) is 40.0 Å². The maximum atomic E-state index is 11.1. The first-order valence-corrected chi connectivity index (χ1v) is 4.50. The topological polar surface area (TPSA) is 34.1 Å². The Hall–Kier alpha value is -0.920. The number of Topliss-reactive ketones (excluding diaryl/α,β-unsaturated/α-hetero) is 1. The normalized spacial score (nSPS) is 16.5. The molecule has 0 N–H and O–H groups in total. The zero-order valence-corrected chi connectivity index (χ0v) is 8.72. The van der Waals surface area contributed by atoms with Gasteiger partial charge in [0.1, 0.15) is 12.6 Å². The first-order chi connectivity index (χ1) is 6.07. The molecule has 0 spiro atoms. The molecule has 1 saturated carbocycles. The van der Waals surface area contributed by atoms with E-state index in [9.17, 15) is 4.79 Å². The van der Waals surface area contributed by atoms with Gasteiger partial charge in [-0.1, -0.05) is 11.6 Å². The largest absolute Gasteiger partial charge is 0.307 e. The van der Waals surface area contributed by atoms with Crippen molar-refractivity contribution in [3.05, 3.63) is 11.6 Å². The van der Waals surface area contributed by atoms with Gasteiger partial charge in [0.05, 0.1) is 0 Å². The maximum absolute atomic E-state index is 11.1. The summed E-state index contributed by atoms with van der Waals surface area (Å²) in [4.78, 5) is 19.1. The second-order valence-corrected chi connectivity index (χ2v) is 3.82. The van der Waals surface area contributed by atoms with E-state index < -0.39 is 0 Å². The van der Waals surface area contributed by atoms with Crippen LogP contribution in [0.4, 0.5) is 0 Å². The number of carbonyl (C=O) groups is 2. The highest BCUT2D eigenvalue weighted by Crippen LogP contribution is 2.49. The Labute approximate surface area is 80.0 Å². The maximum Gasteiger partial charge on any atom is 0.136 e. The molecule has 13 heavy (non-hydrogen) atoms. The average molecular weight is 182 g/mol. The Kier molecular flexibility index (Phi) is 4.60. The summed E-state index contributed by atoms with van der Waals surface area (Å²) in [7, 11) is 0. The van der Waals surface area contributed by atoms with Crippen LogP contribution in [0.15, 0.2) is 11.6 Å². The first kappa shape index (κ1) is 12.1. The summed E-state index contributed by atoms with van der Waals surface area (Å²) in [6.07, 6.45) is 5.34. The highest BCUT2D eigenvalue weighted by molar-refractivity contribution is 5.85. The molecule has 1 rings (SSSR count). The van der Waals surface area contributed by atoms with Crippen molar-refractivity contribution in [3.63, 3.8) is 0 Å². The second kappa shape index (κ2) is 4.95. The molecule has 0 aromatic heterocycles. The molecule has 74 valence electrons. The molecule has 0 aromatic rings. The zero-order valence-electron chi connectivity index (χ0n) is 8.72. The molecule has 1 aliphatic rings. The molecule has 0 atom stereocenters. The van der Waals surface area contributed by atoms with Crippen molar-refractivity contribution in [3.8, 4) is 0 Å². The number of rotatable bonds is 3. The highest BCUT2D eigenvalue weighted by atomic mass is 16.1. The summed E-state index contributed by atoms with van der Waals surface area (Å²) in [6, 6.07) is 0. The summed E-state index contributed by atoms with van der Waals surface area (Å²) in [6.45, 7) is 7.87. The summed E-state index contributed by atoms with van der Waals surface area (Å²) in [5.74, 6) is 0.370. The van der Waals surface area contributed by atoms with E-state index in [1.54, 1.807) is 6.92 Å². The van der Waals surface area contributed by atoms with Crippen molar-refractivity contribution in [1.82, 2.24) is 0 Å². The average Bonchev–Trinajstić information content (AvgIpc) is 2.85. The molecule has 0 aliphatic heterocycles. The fourth-order valence-electron chi connectivity index (χ4n) is 1.25. The molecular formula is C11H18O2. The van der Waals surface area contributed by atoms with Crippen LogP contribution in [0.2, 0.25) is 0 Å².